The van der Waals surface area contributed by atoms with Crippen LogP contribution in [0, 0.1) is 0 Å². The highest BCUT2D eigenvalue weighted by Crippen LogP contribution is 2.23. The molecule has 1 aromatic rings. The van der Waals surface area contributed by atoms with Crippen molar-refractivity contribution in [2.75, 3.05) is 0 Å². The van der Waals surface area contributed by atoms with Gasteiger partial charge < -0.3 is 10.5 Å². The first-order valence-electron chi connectivity index (χ1n) is 4.20. The summed E-state index contributed by atoms with van der Waals surface area (Å²) in [6, 6.07) is 5.20. The van der Waals surface area contributed by atoms with Gasteiger partial charge in [0, 0.05) is 6.08 Å². The fourth-order valence-corrected chi connectivity index (χ4v) is 0.994. The molecule has 0 aliphatic rings. The normalized spacial score (nSPS) is 11.7. The van der Waals surface area contributed by atoms with Crippen molar-refractivity contribution in [1.82, 2.24) is 0 Å². The minimum absolute atomic E-state index is 0.348. The molecule has 1 amide bonds. The lowest BCUT2D eigenvalue weighted by atomic mass is 10.2. The van der Waals surface area contributed by atoms with E-state index in [1.165, 1.54) is 18.2 Å². The zero-order valence-electron chi connectivity index (χ0n) is 7.99. The first kappa shape index (κ1) is 12.1. The summed E-state index contributed by atoms with van der Waals surface area (Å²) in [5.41, 5.74) is 5.23. The molecule has 1 aromatic carbocycles. The van der Waals surface area contributed by atoms with Gasteiger partial charge in [-0.3, -0.25) is 4.79 Å². The van der Waals surface area contributed by atoms with Crippen molar-refractivity contribution in [1.29, 1.82) is 0 Å². The number of nitrogens with two attached hydrogens (primary N) is 1. The van der Waals surface area contributed by atoms with E-state index in [-0.39, 0.29) is 5.75 Å². The molecule has 0 saturated heterocycles. The molecule has 0 spiro atoms. The highest BCUT2D eigenvalue weighted by molar-refractivity contribution is 5.90. The van der Waals surface area contributed by atoms with Crippen molar-refractivity contribution >= 4 is 12.0 Å². The van der Waals surface area contributed by atoms with Gasteiger partial charge in [-0.2, -0.15) is 0 Å². The molecule has 0 fully saturated rings. The van der Waals surface area contributed by atoms with Gasteiger partial charge in [-0.05, 0) is 23.8 Å². The number of carbonyl (C=O) groups excluding carboxylic acids is 1. The van der Waals surface area contributed by atoms with Gasteiger partial charge >= 0.3 is 6.36 Å². The van der Waals surface area contributed by atoms with Gasteiger partial charge in [-0.15, -0.1) is 13.2 Å². The number of halogens is 3. The number of carbonyl (C=O) groups is 1. The molecule has 1 rings (SSSR count). The van der Waals surface area contributed by atoms with Crippen LogP contribution in [0.4, 0.5) is 13.2 Å². The van der Waals surface area contributed by atoms with Gasteiger partial charge in [0.2, 0.25) is 5.91 Å². The molecule has 0 bridgehead atoms. The van der Waals surface area contributed by atoms with Crippen molar-refractivity contribution in [2.24, 2.45) is 5.73 Å². The molecule has 86 valence electrons. The molecule has 0 aliphatic carbocycles. The van der Waals surface area contributed by atoms with Crippen LogP contribution in [0.2, 0.25) is 0 Å². The van der Waals surface area contributed by atoms with Crippen molar-refractivity contribution in [3.05, 3.63) is 35.9 Å². The number of ether oxygens (including phenoxy) is 1. The zero-order chi connectivity index (χ0) is 12.2. The van der Waals surface area contributed by atoms with Gasteiger partial charge in [0.15, 0.2) is 0 Å². The molecule has 16 heavy (non-hydrogen) atoms. The fourth-order valence-electron chi connectivity index (χ4n) is 0.994. The highest BCUT2D eigenvalue weighted by Gasteiger charge is 2.30. The first-order chi connectivity index (χ1) is 7.37. The van der Waals surface area contributed by atoms with Crippen LogP contribution in [0.1, 0.15) is 5.56 Å². The third kappa shape index (κ3) is 4.50. The van der Waals surface area contributed by atoms with E-state index in [0.717, 1.165) is 18.2 Å². The predicted molar refractivity (Wildman–Crippen MR) is 51.4 cm³/mol. The number of benzene rings is 1. The van der Waals surface area contributed by atoms with Crippen LogP contribution < -0.4 is 10.5 Å². The van der Waals surface area contributed by atoms with Crippen molar-refractivity contribution in [2.45, 2.75) is 6.36 Å². The molecule has 0 heterocycles. The second kappa shape index (κ2) is 4.69. The van der Waals surface area contributed by atoms with Crippen LogP contribution in [-0.2, 0) is 4.79 Å². The number of rotatable bonds is 3. The van der Waals surface area contributed by atoms with E-state index in [4.69, 9.17) is 5.73 Å². The van der Waals surface area contributed by atoms with E-state index in [9.17, 15) is 18.0 Å². The van der Waals surface area contributed by atoms with Crippen LogP contribution >= 0.6 is 0 Å². The van der Waals surface area contributed by atoms with Gasteiger partial charge in [0.1, 0.15) is 5.75 Å². The highest BCUT2D eigenvalue weighted by atomic mass is 19.4. The summed E-state index contributed by atoms with van der Waals surface area (Å²) in [7, 11) is 0. The molecule has 0 atom stereocenters. The lowest BCUT2D eigenvalue weighted by molar-refractivity contribution is -0.274. The summed E-state index contributed by atoms with van der Waals surface area (Å²) >= 11 is 0. The van der Waals surface area contributed by atoms with Crippen LogP contribution in [0.5, 0.6) is 5.75 Å². The summed E-state index contributed by atoms with van der Waals surface area (Å²) < 4.78 is 39.3. The lowest BCUT2D eigenvalue weighted by Gasteiger charge is -2.08. The van der Waals surface area contributed by atoms with E-state index in [0.29, 0.717) is 5.56 Å². The summed E-state index contributed by atoms with van der Waals surface area (Å²) in [5, 5.41) is 0. The maximum atomic E-state index is 11.9. The molecular weight excluding hydrogens is 223 g/mol. The van der Waals surface area contributed by atoms with E-state index in [1.807, 2.05) is 0 Å². The van der Waals surface area contributed by atoms with Crippen LogP contribution in [0.25, 0.3) is 6.08 Å². The predicted octanol–water partition coefficient (Wildman–Crippen LogP) is 2.08. The maximum absolute atomic E-state index is 11.9. The van der Waals surface area contributed by atoms with E-state index >= 15 is 0 Å². The molecule has 0 aromatic heterocycles. The standard InChI is InChI=1S/C10H8F3NO2/c11-10(12,13)16-8-3-1-2-7(6-8)4-5-9(14)15/h1-6H,(H2,14,15)/b5-4+. The minimum Gasteiger partial charge on any atom is -0.406 e. The Morgan fingerprint density at radius 3 is 2.62 bits per heavy atom. The molecule has 6 heteroatoms. The molecular formula is C10H8F3NO2. The number of hydrogen-bond donors (Lipinski definition) is 1. The molecule has 2 N–H and O–H groups in total. The molecule has 0 saturated carbocycles. The van der Waals surface area contributed by atoms with Gasteiger partial charge in [-0.1, -0.05) is 12.1 Å². The van der Waals surface area contributed by atoms with Crippen LogP contribution in [0.15, 0.2) is 30.3 Å². The van der Waals surface area contributed by atoms with Crippen molar-refractivity contribution in [3.63, 3.8) is 0 Å². The van der Waals surface area contributed by atoms with Crippen LogP contribution in [0.3, 0.4) is 0 Å². The maximum Gasteiger partial charge on any atom is 0.573 e. The Morgan fingerprint density at radius 2 is 2.06 bits per heavy atom. The average molecular weight is 231 g/mol. The smallest absolute Gasteiger partial charge is 0.406 e. The SMILES string of the molecule is NC(=O)/C=C/c1cccc(OC(F)(F)F)c1. The first-order valence-corrected chi connectivity index (χ1v) is 4.20. The Kier molecular flexibility index (Phi) is 3.55. The quantitative estimate of drug-likeness (QED) is 0.809. The van der Waals surface area contributed by atoms with E-state index < -0.39 is 12.3 Å². The van der Waals surface area contributed by atoms with Gasteiger partial charge in [0.25, 0.3) is 0 Å². The number of amides is 1. The van der Waals surface area contributed by atoms with E-state index in [2.05, 4.69) is 4.74 Å². The monoisotopic (exact) mass is 231 g/mol. The summed E-state index contributed by atoms with van der Waals surface area (Å²) in [6.45, 7) is 0. The number of alkyl halides is 3. The Morgan fingerprint density at radius 1 is 1.38 bits per heavy atom. The molecule has 0 radical (unpaired) electrons. The number of hydrogen-bond acceptors (Lipinski definition) is 2. The molecule has 0 unspecified atom stereocenters. The van der Waals surface area contributed by atoms with Crippen molar-refractivity contribution in [3.8, 4) is 5.75 Å². The Balaban J connectivity index is 2.83. The van der Waals surface area contributed by atoms with E-state index in [1.54, 1.807) is 0 Å². The third-order valence-electron chi connectivity index (χ3n) is 1.53. The third-order valence-corrected chi connectivity index (χ3v) is 1.53. The van der Waals surface area contributed by atoms with Gasteiger partial charge in [-0.25, -0.2) is 0 Å². The van der Waals surface area contributed by atoms with Crippen molar-refractivity contribution < 1.29 is 22.7 Å². The summed E-state index contributed by atoms with van der Waals surface area (Å²) in [4.78, 5) is 10.4. The van der Waals surface area contributed by atoms with Gasteiger partial charge in [0.05, 0.1) is 0 Å². The second-order valence-corrected chi connectivity index (χ2v) is 2.86. The summed E-state index contributed by atoms with van der Waals surface area (Å²) in [5.74, 6) is -1.03. The topological polar surface area (TPSA) is 52.3 Å². The minimum atomic E-state index is -4.73. The zero-order valence-corrected chi connectivity index (χ0v) is 7.99. The average Bonchev–Trinajstić information content (AvgIpc) is 2.12. The Labute approximate surface area is 89.3 Å². The summed E-state index contributed by atoms with van der Waals surface area (Å²) in [6.07, 6.45) is -2.38. The fraction of sp³-hybridized carbons (Fsp3) is 0.100. The molecule has 3 nitrogen and oxygen atoms in total. The van der Waals surface area contributed by atoms with Crippen LogP contribution in [-0.4, -0.2) is 12.3 Å². The largest absolute Gasteiger partial charge is 0.573 e. The Bertz CT molecular complexity index is 413. The number of primary amides is 1. The Hall–Kier alpha value is -1.98. The molecule has 0 aliphatic heterocycles. The second-order valence-electron chi connectivity index (χ2n) is 2.86. The lowest BCUT2D eigenvalue weighted by Crippen LogP contribution is -2.17.